The van der Waals surface area contributed by atoms with Crippen LogP contribution in [0.1, 0.15) is 75.6 Å². The fourth-order valence-electron chi connectivity index (χ4n) is 8.24. The van der Waals surface area contributed by atoms with Gasteiger partial charge in [-0.2, -0.15) is 0 Å². The first-order valence-electron chi connectivity index (χ1n) is 12.3. The van der Waals surface area contributed by atoms with Crippen molar-refractivity contribution in [2.45, 2.75) is 70.8 Å². The van der Waals surface area contributed by atoms with Crippen molar-refractivity contribution in [3.05, 3.63) is 29.8 Å². The van der Waals surface area contributed by atoms with E-state index < -0.39 is 0 Å². The fraction of sp³-hybridized carbons (Fsp3) is 0.654. The van der Waals surface area contributed by atoms with Crippen molar-refractivity contribution >= 4 is 23.5 Å². The predicted molar refractivity (Wildman–Crippen MR) is 127 cm³/mol. The van der Waals surface area contributed by atoms with E-state index in [1.54, 1.807) is 29.2 Å². The standard InChI is InChI=1S/C26H36N4O3/c1-24-11-17-12-25(2,14-24)16-26(13-17,15-24)29-23(33)28-20-5-3-19(4-6-20)22(32)30-9-7-18(8-10-30)21(27)31/h3-6,17-18H,7-16H2,1-2H3,(H2,27,31)(H2,28,29,33). The molecule has 6 rings (SSSR count). The van der Waals surface area contributed by atoms with E-state index in [4.69, 9.17) is 5.73 Å². The number of rotatable bonds is 4. The number of anilines is 1. The van der Waals surface area contributed by atoms with Crippen LogP contribution >= 0.6 is 0 Å². The number of carbonyl (C=O) groups excluding carboxylic acids is 3. The molecule has 1 aliphatic heterocycles. The molecule has 5 fully saturated rings. The molecule has 4 amide bonds. The zero-order valence-electron chi connectivity index (χ0n) is 19.8. The lowest BCUT2D eigenvalue weighted by Gasteiger charge is -2.65. The lowest BCUT2D eigenvalue weighted by molar-refractivity contribution is -0.123. The van der Waals surface area contributed by atoms with E-state index in [1.807, 2.05) is 0 Å². The highest BCUT2D eigenvalue weighted by Crippen LogP contribution is 2.66. The fourth-order valence-corrected chi connectivity index (χ4v) is 8.24. The maximum absolute atomic E-state index is 12.9. The van der Waals surface area contributed by atoms with Crippen molar-refractivity contribution in [1.29, 1.82) is 0 Å². The van der Waals surface area contributed by atoms with Crippen LogP contribution in [0.2, 0.25) is 0 Å². The van der Waals surface area contributed by atoms with Gasteiger partial charge in [0.2, 0.25) is 5.91 Å². The Kier molecular flexibility index (Phi) is 5.22. The molecule has 178 valence electrons. The summed E-state index contributed by atoms with van der Waals surface area (Å²) in [5.74, 6) is 0.240. The minimum Gasteiger partial charge on any atom is -0.369 e. The Morgan fingerprint density at radius 3 is 2.09 bits per heavy atom. The molecule has 33 heavy (non-hydrogen) atoms. The van der Waals surface area contributed by atoms with E-state index in [0.29, 0.717) is 48.0 Å². The number of hydrogen-bond acceptors (Lipinski definition) is 3. The van der Waals surface area contributed by atoms with Gasteiger partial charge in [0.1, 0.15) is 0 Å². The Balaban J connectivity index is 1.18. The molecule has 0 aromatic heterocycles. The average molecular weight is 453 g/mol. The summed E-state index contributed by atoms with van der Waals surface area (Å²) in [7, 11) is 0. The van der Waals surface area contributed by atoms with E-state index in [-0.39, 0.29) is 29.3 Å². The second kappa shape index (κ2) is 7.74. The second-order valence-electron chi connectivity index (χ2n) is 12.0. The van der Waals surface area contributed by atoms with Crippen molar-refractivity contribution in [1.82, 2.24) is 10.2 Å². The molecular formula is C26H36N4O3. The number of hydrogen-bond donors (Lipinski definition) is 3. The summed E-state index contributed by atoms with van der Waals surface area (Å²) < 4.78 is 0. The largest absolute Gasteiger partial charge is 0.369 e. The number of nitrogens with one attached hydrogen (secondary N) is 2. The molecule has 7 heteroatoms. The third-order valence-electron chi connectivity index (χ3n) is 8.58. The van der Waals surface area contributed by atoms with Gasteiger partial charge in [0.25, 0.3) is 5.91 Å². The van der Waals surface area contributed by atoms with Crippen LogP contribution in [0.3, 0.4) is 0 Å². The zero-order valence-corrected chi connectivity index (χ0v) is 19.8. The van der Waals surface area contributed by atoms with Crippen molar-refractivity contribution in [2.24, 2.45) is 28.4 Å². The van der Waals surface area contributed by atoms with Gasteiger partial charge in [-0.05, 0) is 92.4 Å². The Morgan fingerprint density at radius 1 is 0.939 bits per heavy atom. The topological polar surface area (TPSA) is 105 Å². The van der Waals surface area contributed by atoms with Gasteiger partial charge >= 0.3 is 6.03 Å². The number of nitrogens with zero attached hydrogens (tertiary/aromatic N) is 1. The first-order valence-corrected chi connectivity index (χ1v) is 12.3. The SMILES string of the molecule is CC12CC3CC(C)(C1)CC(NC(=O)Nc1ccc(C(=O)N4CCC(C(N)=O)CC4)cc1)(C3)C2. The molecule has 4 saturated carbocycles. The van der Waals surface area contributed by atoms with Crippen molar-refractivity contribution in [2.75, 3.05) is 18.4 Å². The Bertz CT molecular complexity index is 948. The molecule has 2 atom stereocenters. The van der Waals surface area contributed by atoms with Gasteiger partial charge < -0.3 is 21.3 Å². The molecule has 5 aliphatic rings. The van der Waals surface area contributed by atoms with Crippen LogP contribution in [0.15, 0.2) is 24.3 Å². The highest BCUT2D eigenvalue weighted by Gasteiger charge is 2.60. The van der Waals surface area contributed by atoms with E-state index in [1.165, 1.54) is 19.3 Å². The third kappa shape index (κ3) is 4.34. The highest BCUT2D eigenvalue weighted by atomic mass is 16.2. The van der Waals surface area contributed by atoms with Gasteiger partial charge in [-0.1, -0.05) is 13.8 Å². The summed E-state index contributed by atoms with van der Waals surface area (Å²) >= 11 is 0. The number of urea groups is 1. The second-order valence-corrected chi connectivity index (χ2v) is 12.0. The summed E-state index contributed by atoms with van der Waals surface area (Å²) in [5.41, 5.74) is 7.23. The minimum atomic E-state index is -0.285. The van der Waals surface area contributed by atoms with E-state index in [0.717, 1.165) is 25.2 Å². The van der Waals surface area contributed by atoms with Crippen LogP contribution in [0.4, 0.5) is 10.5 Å². The van der Waals surface area contributed by atoms with Gasteiger partial charge in [0.05, 0.1) is 0 Å². The van der Waals surface area contributed by atoms with Gasteiger partial charge in [0, 0.05) is 35.8 Å². The summed E-state index contributed by atoms with van der Waals surface area (Å²) in [5, 5.41) is 6.34. The van der Waals surface area contributed by atoms with Crippen molar-refractivity contribution in [3.63, 3.8) is 0 Å². The number of piperidine rings is 1. The molecule has 1 heterocycles. The van der Waals surface area contributed by atoms with Crippen molar-refractivity contribution in [3.8, 4) is 0 Å². The molecule has 4 aliphatic carbocycles. The lowest BCUT2D eigenvalue weighted by Crippen LogP contribution is -2.65. The molecule has 1 aromatic carbocycles. The monoisotopic (exact) mass is 452 g/mol. The summed E-state index contributed by atoms with van der Waals surface area (Å²) in [6.07, 6.45) is 8.32. The number of primary amides is 1. The van der Waals surface area contributed by atoms with Gasteiger partial charge in [-0.15, -0.1) is 0 Å². The van der Waals surface area contributed by atoms with Crippen LogP contribution in [0, 0.1) is 22.7 Å². The van der Waals surface area contributed by atoms with E-state index >= 15 is 0 Å². The van der Waals surface area contributed by atoms with Crippen LogP contribution in [-0.4, -0.2) is 41.4 Å². The summed E-state index contributed by atoms with van der Waals surface area (Å²) in [6.45, 7) is 5.87. The number of benzene rings is 1. The molecule has 0 spiro atoms. The smallest absolute Gasteiger partial charge is 0.319 e. The minimum absolute atomic E-state index is 0.0519. The predicted octanol–water partition coefficient (Wildman–Crippen LogP) is 3.89. The molecule has 4 N–H and O–H groups in total. The van der Waals surface area contributed by atoms with E-state index in [9.17, 15) is 14.4 Å². The number of likely N-dealkylation sites (tertiary alicyclic amines) is 1. The quantitative estimate of drug-likeness (QED) is 0.645. The van der Waals surface area contributed by atoms with Gasteiger partial charge in [-0.3, -0.25) is 9.59 Å². The maximum atomic E-state index is 12.9. The number of nitrogens with two attached hydrogens (primary N) is 1. The van der Waals surface area contributed by atoms with Crippen LogP contribution < -0.4 is 16.4 Å². The summed E-state index contributed by atoms with van der Waals surface area (Å²) in [6, 6.07) is 6.92. The first kappa shape index (κ1) is 22.2. The molecule has 2 unspecified atom stereocenters. The molecule has 7 nitrogen and oxygen atoms in total. The normalized spacial score (nSPS) is 35.3. The van der Waals surface area contributed by atoms with E-state index in [2.05, 4.69) is 24.5 Å². The molecule has 4 bridgehead atoms. The van der Waals surface area contributed by atoms with Crippen LogP contribution in [-0.2, 0) is 4.79 Å². The van der Waals surface area contributed by atoms with Crippen molar-refractivity contribution < 1.29 is 14.4 Å². The Morgan fingerprint density at radius 2 is 1.55 bits per heavy atom. The maximum Gasteiger partial charge on any atom is 0.319 e. The average Bonchev–Trinajstić information content (AvgIpc) is 2.70. The van der Waals surface area contributed by atoms with Crippen LogP contribution in [0.5, 0.6) is 0 Å². The molecule has 0 radical (unpaired) electrons. The van der Waals surface area contributed by atoms with Crippen LogP contribution in [0.25, 0.3) is 0 Å². The summed E-state index contributed by atoms with van der Waals surface area (Å²) in [4.78, 5) is 38.8. The van der Waals surface area contributed by atoms with Gasteiger partial charge in [-0.25, -0.2) is 4.79 Å². The Labute approximate surface area is 195 Å². The van der Waals surface area contributed by atoms with Gasteiger partial charge in [0.15, 0.2) is 0 Å². The Hall–Kier alpha value is -2.57. The molecule has 1 aromatic rings. The third-order valence-corrected chi connectivity index (χ3v) is 8.58. The number of amides is 4. The molecule has 1 saturated heterocycles. The zero-order chi connectivity index (χ0) is 23.4. The first-order chi connectivity index (χ1) is 15.6. The lowest BCUT2D eigenvalue weighted by atomic mass is 9.43. The highest BCUT2D eigenvalue weighted by molar-refractivity contribution is 5.96. The number of carbonyl (C=O) groups is 3. The molecular weight excluding hydrogens is 416 g/mol.